The summed E-state index contributed by atoms with van der Waals surface area (Å²) in [5.74, 6) is 0.217. The van der Waals surface area contributed by atoms with Gasteiger partial charge in [-0.05, 0) is 70.8 Å². The fourth-order valence-electron chi connectivity index (χ4n) is 5.31. The van der Waals surface area contributed by atoms with Crippen LogP contribution in [0.2, 0.25) is 0 Å². The second kappa shape index (κ2) is 12.1. The molecule has 0 spiro atoms. The number of aliphatic hydroxyl groups is 1. The molecule has 3 N–H and O–H groups in total. The molecule has 5 rings (SSSR count). The molecule has 7 nitrogen and oxygen atoms in total. The van der Waals surface area contributed by atoms with Gasteiger partial charge in [-0.25, -0.2) is 5.48 Å². The Labute approximate surface area is 222 Å². The van der Waals surface area contributed by atoms with Crippen LogP contribution in [0.1, 0.15) is 34.7 Å². The molecule has 0 saturated carbocycles. The fraction of sp³-hybridized carbons (Fsp3) is 0.258. The minimum atomic E-state index is -0.542. The molecule has 38 heavy (non-hydrogen) atoms. The first kappa shape index (κ1) is 25.7. The third kappa shape index (κ3) is 5.97. The maximum Gasteiger partial charge on any atom is 0.267 e. The normalized spacial score (nSPS) is 14.9. The van der Waals surface area contributed by atoms with Gasteiger partial charge in [0.1, 0.15) is 12.4 Å². The summed E-state index contributed by atoms with van der Waals surface area (Å²) in [7, 11) is 0. The molecule has 4 aromatic rings. The standard InChI is InChI=1S/C31H33N3O4/c35-19-20-38-27-10-5-24(6-11-27)22-34(18-17-33-16-15-25-3-1-2-4-29(25)33)30-13-9-26-21-23(7-12-28(26)30)8-14-31(36)32-37/h1-8,10-12,14-16,21,30,35,37H,9,13,17-20,22H2,(H,32,36)/b14-8+. The molecule has 196 valence electrons. The number of ether oxygens (including phenoxy) is 1. The minimum Gasteiger partial charge on any atom is -0.491 e. The van der Waals surface area contributed by atoms with Gasteiger partial charge in [0.2, 0.25) is 0 Å². The van der Waals surface area contributed by atoms with Crippen molar-refractivity contribution in [3.05, 3.63) is 107 Å². The second-order valence-electron chi connectivity index (χ2n) is 9.58. The summed E-state index contributed by atoms with van der Waals surface area (Å²) in [5.41, 5.74) is 7.65. The van der Waals surface area contributed by atoms with Crippen LogP contribution in [0, 0.1) is 0 Å². The maximum absolute atomic E-state index is 11.4. The van der Waals surface area contributed by atoms with Crippen molar-refractivity contribution < 1.29 is 19.8 Å². The van der Waals surface area contributed by atoms with Gasteiger partial charge >= 0.3 is 0 Å². The minimum absolute atomic E-state index is 0.00314. The number of fused-ring (bicyclic) bond motifs is 2. The molecule has 1 heterocycles. The quantitative estimate of drug-likeness (QED) is 0.154. The van der Waals surface area contributed by atoms with E-state index in [0.717, 1.165) is 43.8 Å². The van der Waals surface area contributed by atoms with Crippen molar-refractivity contribution in [2.24, 2.45) is 0 Å². The molecule has 1 aromatic heterocycles. The zero-order valence-corrected chi connectivity index (χ0v) is 21.3. The molecule has 1 aliphatic carbocycles. The van der Waals surface area contributed by atoms with Crippen LogP contribution < -0.4 is 10.2 Å². The summed E-state index contributed by atoms with van der Waals surface area (Å²) in [6.45, 7) is 2.87. The van der Waals surface area contributed by atoms with E-state index in [1.807, 2.05) is 18.2 Å². The predicted molar refractivity (Wildman–Crippen MR) is 148 cm³/mol. The number of hydroxylamine groups is 1. The topological polar surface area (TPSA) is 87.0 Å². The first-order valence-electron chi connectivity index (χ1n) is 13.0. The average Bonchev–Trinajstić information content (AvgIpc) is 3.57. The van der Waals surface area contributed by atoms with Gasteiger partial charge in [-0.2, -0.15) is 0 Å². The van der Waals surface area contributed by atoms with Crippen LogP contribution in [0.5, 0.6) is 5.75 Å². The van der Waals surface area contributed by atoms with Gasteiger partial charge in [-0.15, -0.1) is 0 Å². The molecular weight excluding hydrogens is 478 g/mol. The number of nitrogens with one attached hydrogen (secondary N) is 1. The molecule has 0 fully saturated rings. The zero-order chi connectivity index (χ0) is 26.3. The zero-order valence-electron chi connectivity index (χ0n) is 21.3. The van der Waals surface area contributed by atoms with Crippen LogP contribution in [0.3, 0.4) is 0 Å². The third-order valence-electron chi connectivity index (χ3n) is 7.17. The smallest absolute Gasteiger partial charge is 0.267 e. The van der Waals surface area contributed by atoms with Crippen molar-refractivity contribution >= 4 is 22.9 Å². The Balaban J connectivity index is 1.37. The predicted octanol–water partition coefficient (Wildman–Crippen LogP) is 4.72. The van der Waals surface area contributed by atoms with E-state index in [1.54, 1.807) is 11.6 Å². The Kier molecular flexibility index (Phi) is 8.19. The van der Waals surface area contributed by atoms with E-state index < -0.39 is 5.91 Å². The number of nitrogens with zero attached hydrogens (tertiary/aromatic N) is 2. The Hall–Kier alpha value is -3.91. The highest BCUT2D eigenvalue weighted by Crippen LogP contribution is 2.37. The number of carbonyl (C=O) groups excluding carboxylic acids is 1. The van der Waals surface area contributed by atoms with Crippen LogP contribution in [0.15, 0.2) is 85.1 Å². The number of aryl methyl sites for hydroxylation is 1. The monoisotopic (exact) mass is 511 g/mol. The van der Waals surface area contributed by atoms with Crippen molar-refractivity contribution in [1.82, 2.24) is 14.9 Å². The van der Waals surface area contributed by atoms with Crippen molar-refractivity contribution in [3.63, 3.8) is 0 Å². The van der Waals surface area contributed by atoms with Crippen molar-refractivity contribution in [2.75, 3.05) is 19.8 Å². The summed E-state index contributed by atoms with van der Waals surface area (Å²) in [6.07, 6.45) is 7.22. The van der Waals surface area contributed by atoms with Crippen LogP contribution in [-0.4, -0.2) is 45.4 Å². The Morgan fingerprint density at radius 1 is 1.11 bits per heavy atom. The SMILES string of the molecule is O=C(/C=C/c1ccc2c(c1)CCC2N(CCn1ccc2ccccc21)Cc1ccc(OCCO)cc1)NO. The summed E-state index contributed by atoms with van der Waals surface area (Å²) in [5, 5.41) is 19.0. The summed E-state index contributed by atoms with van der Waals surface area (Å²) in [4.78, 5) is 13.9. The number of hydrogen-bond acceptors (Lipinski definition) is 5. The highest BCUT2D eigenvalue weighted by atomic mass is 16.5. The number of carbonyl (C=O) groups is 1. The number of amides is 1. The molecule has 1 amide bonds. The summed E-state index contributed by atoms with van der Waals surface area (Å²) >= 11 is 0. The van der Waals surface area contributed by atoms with Gasteiger partial charge in [0.15, 0.2) is 0 Å². The van der Waals surface area contributed by atoms with Crippen LogP contribution in [0.4, 0.5) is 0 Å². The third-order valence-corrected chi connectivity index (χ3v) is 7.17. The number of aromatic nitrogens is 1. The van der Waals surface area contributed by atoms with E-state index in [-0.39, 0.29) is 19.3 Å². The summed E-state index contributed by atoms with van der Waals surface area (Å²) in [6, 6.07) is 25.4. The maximum atomic E-state index is 11.4. The van der Waals surface area contributed by atoms with E-state index in [1.165, 1.54) is 33.7 Å². The van der Waals surface area contributed by atoms with Crippen LogP contribution >= 0.6 is 0 Å². The van der Waals surface area contributed by atoms with Gasteiger partial charge in [-0.3, -0.25) is 14.9 Å². The van der Waals surface area contributed by atoms with Gasteiger partial charge in [0.05, 0.1) is 6.61 Å². The van der Waals surface area contributed by atoms with Gasteiger partial charge in [-0.1, -0.05) is 48.5 Å². The number of benzene rings is 3. The number of para-hydroxylation sites is 1. The molecule has 1 atom stereocenters. The molecule has 0 saturated heterocycles. The fourth-order valence-corrected chi connectivity index (χ4v) is 5.31. The Morgan fingerprint density at radius 3 is 2.76 bits per heavy atom. The lowest BCUT2D eigenvalue weighted by molar-refractivity contribution is -0.124. The molecule has 0 bridgehead atoms. The molecule has 3 aromatic carbocycles. The van der Waals surface area contributed by atoms with Gasteiger partial charge in [0, 0.05) is 43.5 Å². The lowest BCUT2D eigenvalue weighted by Gasteiger charge is -2.30. The highest BCUT2D eigenvalue weighted by molar-refractivity contribution is 5.90. The summed E-state index contributed by atoms with van der Waals surface area (Å²) < 4.78 is 7.86. The van der Waals surface area contributed by atoms with Gasteiger partial charge in [0.25, 0.3) is 5.91 Å². The van der Waals surface area contributed by atoms with E-state index in [2.05, 4.69) is 70.3 Å². The average molecular weight is 512 g/mol. The lowest BCUT2D eigenvalue weighted by Crippen LogP contribution is -2.30. The first-order valence-corrected chi connectivity index (χ1v) is 13.0. The van der Waals surface area contributed by atoms with Crippen molar-refractivity contribution in [1.29, 1.82) is 0 Å². The van der Waals surface area contributed by atoms with E-state index in [9.17, 15) is 4.79 Å². The molecule has 1 aliphatic rings. The second-order valence-corrected chi connectivity index (χ2v) is 9.58. The number of aliphatic hydroxyl groups excluding tert-OH is 1. The highest BCUT2D eigenvalue weighted by Gasteiger charge is 2.28. The van der Waals surface area contributed by atoms with E-state index >= 15 is 0 Å². The lowest BCUT2D eigenvalue weighted by atomic mass is 10.0. The Morgan fingerprint density at radius 2 is 1.95 bits per heavy atom. The number of rotatable bonds is 11. The van der Waals surface area contributed by atoms with Gasteiger partial charge < -0.3 is 14.4 Å². The van der Waals surface area contributed by atoms with E-state index in [4.69, 9.17) is 15.1 Å². The van der Waals surface area contributed by atoms with Crippen molar-refractivity contribution in [3.8, 4) is 5.75 Å². The molecule has 0 aliphatic heterocycles. The first-order chi connectivity index (χ1) is 18.6. The molecule has 1 unspecified atom stereocenters. The molecule has 0 radical (unpaired) electrons. The van der Waals surface area contributed by atoms with Crippen LogP contribution in [-0.2, 0) is 24.3 Å². The molecular formula is C31H33N3O4. The van der Waals surface area contributed by atoms with Crippen molar-refractivity contribution in [2.45, 2.75) is 32.0 Å². The largest absolute Gasteiger partial charge is 0.491 e. The Bertz CT molecular complexity index is 1410. The van der Waals surface area contributed by atoms with Crippen LogP contribution in [0.25, 0.3) is 17.0 Å². The molecule has 7 heteroatoms. The number of hydrogen-bond donors (Lipinski definition) is 3. The van der Waals surface area contributed by atoms with E-state index in [0.29, 0.717) is 0 Å².